The van der Waals surface area contributed by atoms with Gasteiger partial charge in [-0.3, -0.25) is 9.59 Å². The summed E-state index contributed by atoms with van der Waals surface area (Å²) in [5.41, 5.74) is 0. The maximum Gasteiger partial charge on any atom is 0.243 e. The summed E-state index contributed by atoms with van der Waals surface area (Å²) in [5.74, 6) is 0.510. The number of nitrogens with one attached hydrogen (secondary N) is 1. The maximum absolute atomic E-state index is 12.4. The van der Waals surface area contributed by atoms with E-state index in [1.807, 2.05) is 6.08 Å². The van der Waals surface area contributed by atoms with E-state index in [2.05, 4.69) is 11.4 Å². The van der Waals surface area contributed by atoms with Gasteiger partial charge in [0.25, 0.3) is 0 Å². The average molecular weight is 772 g/mol. The van der Waals surface area contributed by atoms with Crippen molar-refractivity contribution >= 4 is 11.7 Å². The summed E-state index contributed by atoms with van der Waals surface area (Å²) in [6.07, 6.45) is 49.4. The molecule has 7 nitrogen and oxygen atoms in total. The second kappa shape index (κ2) is 34.5. The van der Waals surface area contributed by atoms with E-state index in [1.54, 1.807) is 12.2 Å². The van der Waals surface area contributed by atoms with Gasteiger partial charge in [-0.1, -0.05) is 141 Å². The summed E-state index contributed by atoms with van der Waals surface area (Å²) in [4.78, 5) is 24.7. The van der Waals surface area contributed by atoms with Gasteiger partial charge in [-0.15, -0.1) is 0 Å². The number of amides is 1. The normalized spacial score (nSPS) is 21.5. The zero-order valence-corrected chi connectivity index (χ0v) is 35.4. The van der Waals surface area contributed by atoms with Crippen molar-refractivity contribution in [3.63, 3.8) is 0 Å². The van der Waals surface area contributed by atoms with Crippen molar-refractivity contribution in [3.05, 3.63) is 24.3 Å². The third kappa shape index (κ3) is 28.5. The zero-order valence-electron chi connectivity index (χ0n) is 35.4. The van der Waals surface area contributed by atoms with Crippen molar-refractivity contribution in [1.29, 1.82) is 0 Å². The lowest BCUT2D eigenvalue weighted by Gasteiger charge is -2.22. The Hall–Kier alpha value is -1.54. The van der Waals surface area contributed by atoms with Crippen LogP contribution in [0.2, 0.25) is 0 Å². The minimum Gasteiger partial charge on any atom is -0.353 e. The van der Waals surface area contributed by atoms with Gasteiger partial charge in [-0.25, -0.2) is 0 Å². The summed E-state index contributed by atoms with van der Waals surface area (Å²) >= 11 is 0. The SMILES string of the molecule is O=C(/C=C/CCCCCCCCCCCCCCOC1CCCCO1)C[C@@H]1C[C@@H]1NC(=O)/C=C/CCCCCCCCCCCCCCOC1CCCCO1. The second-order valence-electron chi connectivity index (χ2n) is 17.0. The third-order valence-electron chi connectivity index (χ3n) is 11.7. The van der Waals surface area contributed by atoms with Crippen LogP contribution >= 0.6 is 0 Å². The van der Waals surface area contributed by atoms with E-state index in [9.17, 15) is 9.59 Å². The predicted octanol–water partition coefficient (Wildman–Crippen LogP) is 12.8. The molecule has 3 aliphatic rings. The predicted molar refractivity (Wildman–Crippen MR) is 227 cm³/mol. The summed E-state index contributed by atoms with van der Waals surface area (Å²) in [6.45, 7) is 3.44. The van der Waals surface area contributed by atoms with Gasteiger partial charge in [0.2, 0.25) is 5.91 Å². The van der Waals surface area contributed by atoms with E-state index in [0.29, 0.717) is 12.3 Å². The van der Waals surface area contributed by atoms with Gasteiger partial charge in [-0.2, -0.15) is 0 Å². The van der Waals surface area contributed by atoms with Crippen LogP contribution in [0.15, 0.2) is 24.3 Å². The van der Waals surface area contributed by atoms with Crippen molar-refractivity contribution in [2.24, 2.45) is 5.92 Å². The standard InChI is InChI=1S/C48H85NO6/c50-44(33-25-21-17-13-9-5-1-3-7-11-15-19-23-29-37-52-47-35-27-31-39-54-47)41-43-42-45(43)49-46(51)34-26-22-18-14-10-6-2-4-8-12-16-20-24-30-38-53-48-36-28-32-40-55-48/h25-26,33-34,43,45,47-48H,1-24,27-32,35-42H2,(H,49,51)/b33-25+,34-26+/t43-,45+,47?,48?/m1/s1. The first-order chi connectivity index (χ1) is 27.2. The highest BCUT2D eigenvalue weighted by atomic mass is 16.7. The second-order valence-corrected chi connectivity index (χ2v) is 17.0. The quantitative estimate of drug-likeness (QED) is 0.0500. The molecule has 4 atom stereocenters. The molecule has 0 aromatic rings. The highest BCUT2D eigenvalue weighted by molar-refractivity contribution is 5.90. The van der Waals surface area contributed by atoms with Crippen molar-refractivity contribution in [3.8, 4) is 0 Å². The number of hydrogen-bond donors (Lipinski definition) is 1. The third-order valence-corrected chi connectivity index (χ3v) is 11.7. The van der Waals surface area contributed by atoms with Crippen LogP contribution in [0.25, 0.3) is 0 Å². The molecule has 1 N–H and O–H groups in total. The van der Waals surface area contributed by atoms with Crippen molar-refractivity contribution < 1.29 is 28.5 Å². The van der Waals surface area contributed by atoms with Crippen molar-refractivity contribution in [1.82, 2.24) is 5.32 Å². The number of hydrogen-bond acceptors (Lipinski definition) is 6. The van der Waals surface area contributed by atoms with E-state index in [-0.39, 0.29) is 30.3 Å². The van der Waals surface area contributed by atoms with Gasteiger partial charge in [0.1, 0.15) is 0 Å². The van der Waals surface area contributed by atoms with Crippen LogP contribution in [0.5, 0.6) is 0 Å². The van der Waals surface area contributed by atoms with Crippen molar-refractivity contribution in [2.75, 3.05) is 26.4 Å². The largest absolute Gasteiger partial charge is 0.353 e. The number of allylic oxidation sites excluding steroid dienone is 3. The molecule has 318 valence electrons. The number of ketones is 1. The van der Waals surface area contributed by atoms with Gasteiger partial charge >= 0.3 is 0 Å². The van der Waals surface area contributed by atoms with Crippen LogP contribution in [-0.4, -0.2) is 56.7 Å². The van der Waals surface area contributed by atoms with E-state index >= 15 is 0 Å². The molecular weight excluding hydrogens is 687 g/mol. The topological polar surface area (TPSA) is 83.1 Å². The minimum absolute atomic E-state index is 0.00394. The average Bonchev–Trinajstić information content (AvgIpc) is 3.93. The molecule has 1 amide bonds. The van der Waals surface area contributed by atoms with E-state index in [0.717, 1.165) is 65.0 Å². The molecule has 2 heterocycles. The maximum atomic E-state index is 12.4. The van der Waals surface area contributed by atoms with E-state index < -0.39 is 0 Å². The Morgan fingerprint density at radius 3 is 1.33 bits per heavy atom. The zero-order chi connectivity index (χ0) is 38.7. The van der Waals surface area contributed by atoms with Gasteiger partial charge in [0.05, 0.1) is 0 Å². The van der Waals surface area contributed by atoms with Gasteiger partial charge in [0, 0.05) is 38.9 Å². The number of carbonyl (C=O) groups is 2. The van der Waals surface area contributed by atoms with Gasteiger partial charge < -0.3 is 24.3 Å². The van der Waals surface area contributed by atoms with Gasteiger partial charge in [-0.05, 0) is 102 Å². The van der Waals surface area contributed by atoms with Crippen LogP contribution in [-0.2, 0) is 28.5 Å². The Bertz CT molecular complexity index is 895. The Morgan fingerprint density at radius 1 is 0.509 bits per heavy atom. The number of unbranched alkanes of at least 4 members (excludes halogenated alkanes) is 24. The molecule has 3 fully saturated rings. The van der Waals surface area contributed by atoms with Crippen LogP contribution in [0, 0.1) is 5.92 Å². The molecule has 0 spiro atoms. The van der Waals surface area contributed by atoms with Crippen LogP contribution in [0.3, 0.4) is 0 Å². The molecule has 3 rings (SSSR count). The lowest BCUT2D eigenvalue weighted by molar-refractivity contribution is -0.163. The first-order valence-electron chi connectivity index (χ1n) is 23.8. The Balaban J connectivity index is 0.971. The summed E-state index contributed by atoms with van der Waals surface area (Å²) in [5, 5.41) is 3.09. The molecule has 1 saturated carbocycles. The number of ether oxygens (including phenoxy) is 4. The fourth-order valence-electron chi connectivity index (χ4n) is 7.99. The van der Waals surface area contributed by atoms with Gasteiger partial charge in [0.15, 0.2) is 18.4 Å². The summed E-state index contributed by atoms with van der Waals surface area (Å²) < 4.78 is 22.9. The van der Waals surface area contributed by atoms with E-state index in [1.165, 1.54) is 173 Å². The molecule has 0 radical (unpaired) electrons. The summed E-state index contributed by atoms with van der Waals surface area (Å²) in [7, 11) is 0. The molecule has 0 aromatic carbocycles. The lowest BCUT2D eigenvalue weighted by atomic mass is 10.0. The molecule has 0 aromatic heterocycles. The van der Waals surface area contributed by atoms with Crippen LogP contribution < -0.4 is 5.32 Å². The highest BCUT2D eigenvalue weighted by Crippen LogP contribution is 2.34. The van der Waals surface area contributed by atoms with Crippen LogP contribution in [0.1, 0.15) is 218 Å². The molecule has 55 heavy (non-hydrogen) atoms. The van der Waals surface area contributed by atoms with Crippen molar-refractivity contribution in [2.45, 2.75) is 237 Å². The number of rotatable bonds is 37. The molecular formula is C48H85NO6. The number of carbonyl (C=O) groups excluding carboxylic acids is 2. The molecule has 7 heteroatoms. The van der Waals surface area contributed by atoms with Crippen LogP contribution in [0.4, 0.5) is 0 Å². The first-order valence-corrected chi connectivity index (χ1v) is 23.8. The highest BCUT2D eigenvalue weighted by Gasteiger charge is 2.38. The first kappa shape index (κ1) is 47.8. The lowest BCUT2D eigenvalue weighted by Crippen LogP contribution is -2.25. The molecule has 0 bridgehead atoms. The smallest absolute Gasteiger partial charge is 0.243 e. The molecule has 2 unspecified atom stereocenters. The Kier molecular flexibility index (Phi) is 30.0. The summed E-state index contributed by atoms with van der Waals surface area (Å²) in [6, 6.07) is 0.169. The fourth-order valence-corrected chi connectivity index (χ4v) is 7.99. The molecule has 1 aliphatic carbocycles. The minimum atomic E-state index is -0.00394. The Morgan fingerprint density at radius 2 is 0.909 bits per heavy atom. The monoisotopic (exact) mass is 772 g/mol. The molecule has 2 aliphatic heterocycles. The molecule has 2 saturated heterocycles. The fraction of sp³-hybridized carbons (Fsp3) is 0.875. The van der Waals surface area contributed by atoms with E-state index in [4.69, 9.17) is 18.9 Å². The Labute approximate surface area is 338 Å².